The molecule has 1 aliphatic heterocycles. The van der Waals surface area contributed by atoms with Crippen LogP contribution in [-0.2, 0) is 94.3 Å². The molecule has 514 valence electrons. The molecule has 1 aliphatic rings. The zero-order chi connectivity index (χ0) is 68.2. The fourth-order valence-electron chi connectivity index (χ4n) is 12.1. The number of benzene rings is 5. The van der Waals surface area contributed by atoms with Gasteiger partial charge in [0.1, 0.15) is 34.6 Å². The molecule has 16 heteroatoms. The number of aromatic hydroxyl groups is 4. The number of rotatable bonds is 16. The predicted octanol–water partition coefficient (Wildman–Crippen LogP) is 17.3. The van der Waals surface area contributed by atoms with Crippen molar-refractivity contribution in [3.8, 4) is 68.0 Å². The van der Waals surface area contributed by atoms with Crippen LogP contribution < -0.4 is 25.6 Å². The second-order valence-corrected chi connectivity index (χ2v) is 24.1. The van der Waals surface area contributed by atoms with Crippen LogP contribution in [-0.4, -0.2) is 51.1 Å². The second-order valence-electron chi connectivity index (χ2n) is 24.1. The summed E-state index contributed by atoms with van der Waals surface area (Å²) in [6, 6.07) is 67.5. The number of hydrogen-bond donors (Lipinski definition) is 4. The van der Waals surface area contributed by atoms with Crippen molar-refractivity contribution in [2.24, 2.45) is 4.99 Å². The van der Waals surface area contributed by atoms with E-state index in [2.05, 4.69) is 85.5 Å². The zero-order valence-electron chi connectivity index (χ0n) is 57.2. The minimum absolute atomic E-state index is 0. The Labute approximate surface area is 628 Å². The van der Waals surface area contributed by atoms with Gasteiger partial charge < -0.3 is 30.4 Å². The van der Waals surface area contributed by atoms with Crippen molar-refractivity contribution in [2.75, 3.05) is 4.90 Å². The summed E-state index contributed by atoms with van der Waals surface area (Å²) in [5.41, 5.74) is 20.4. The van der Waals surface area contributed by atoms with Gasteiger partial charge in [0.2, 0.25) is 0 Å². The van der Waals surface area contributed by atoms with Crippen LogP contribution in [0.4, 0.5) is 17.3 Å². The molecule has 12 aromatic rings. The van der Waals surface area contributed by atoms with E-state index in [9.17, 15) is 20.4 Å². The Kier molecular flexibility index (Phi) is 26.6. The van der Waals surface area contributed by atoms with Crippen molar-refractivity contribution in [2.45, 2.75) is 93.4 Å². The monoisotopic (exact) mass is 1860 g/mol. The Morgan fingerprint density at radius 1 is 0.400 bits per heavy atom. The van der Waals surface area contributed by atoms with Gasteiger partial charge in [-0.2, -0.15) is 0 Å². The first-order valence-corrected chi connectivity index (χ1v) is 32.9. The van der Waals surface area contributed by atoms with E-state index < -0.39 is 5.41 Å². The van der Waals surface area contributed by atoms with E-state index in [-0.39, 0.29) is 86.2 Å². The third-order valence-corrected chi connectivity index (χ3v) is 17.6. The van der Waals surface area contributed by atoms with Crippen LogP contribution in [0.2, 0.25) is 0 Å². The Morgan fingerprint density at radius 2 is 0.790 bits per heavy atom. The van der Waals surface area contributed by atoms with Gasteiger partial charge in [0.15, 0.2) is 0 Å². The van der Waals surface area contributed by atoms with Gasteiger partial charge in [0, 0.05) is 87.4 Å². The summed E-state index contributed by atoms with van der Waals surface area (Å²) in [5, 5.41) is 43.1. The maximum Gasteiger partial charge on any atom is 2.00 e. The van der Waals surface area contributed by atoms with Gasteiger partial charge in [-0.05, 0) is 193 Å². The van der Waals surface area contributed by atoms with Crippen LogP contribution in [0.15, 0.2) is 246 Å². The standard InChI is InChI=1S/C31H36N4.C28H21N3O2.C25H22N2O2.3Pt/c1-8-23-24(9-2)30(34-28(23)16-22-14-12-13-15-32-22)18-31-26(11-4)25(10-3)29(35-31)17-27-20(6)19(5)21(7)33-27;32-25-16-6-4-12-21(25)23-14-8-18-27(29-23)31(20-10-2-1-3-11-20)28-19-9-15-24(30-28)22-13-5-7-17-26(22)33;1-25(2,23-15-7-11-19(26-23)17-9-3-5-13-21(17)28)24-16-8-12-20(27-24)18-10-4-6-14-22(18)29;;;/h12-18H,8-11H2,1-7H3;1-19,32-33H;3-16,28-29H,1-2H3;;;/q-2;;;;;+2. The Hall–Kier alpha value is -9.64. The third-order valence-electron chi connectivity index (χ3n) is 17.6. The minimum Gasteiger partial charge on any atom is -0.657 e. The number of pyridine rings is 5. The molecule has 0 fully saturated rings. The number of aromatic nitrogens is 7. The number of hydrogen-bond acceptors (Lipinski definition) is 11. The topological polar surface area (TPSA) is 189 Å². The number of para-hydroxylation sites is 5. The number of phenols is 4. The van der Waals surface area contributed by atoms with Gasteiger partial charge >= 0.3 is 21.1 Å². The van der Waals surface area contributed by atoms with Gasteiger partial charge in [-0.1, -0.05) is 165 Å². The molecule has 5 aromatic carbocycles. The minimum atomic E-state index is -0.471. The molecule has 0 aliphatic carbocycles. The summed E-state index contributed by atoms with van der Waals surface area (Å²) in [6.07, 6.45) is 12.1. The number of aliphatic imine (C=N–C) groups is 1. The van der Waals surface area contributed by atoms with E-state index >= 15 is 0 Å². The maximum atomic E-state index is 10.3. The molecule has 0 saturated carbocycles. The third kappa shape index (κ3) is 17.1. The van der Waals surface area contributed by atoms with Gasteiger partial charge in [0.25, 0.3) is 0 Å². The molecule has 0 spiro atoms. The smallest absolute Gasteiger partial charge is 0.657 e. The van der Waals surface area contributed by atoms with Crippen LogP contribution in [0.1, 0.15) is 113 Å². The number of nitrogens with zero attached hydrogens (tertiary/aromatic N) is 9. The predicted molar refractivity (Wildman–Crippen MR) is 393 cm³/mol. The maximum absolute atomic E-state index is 10.3. The van der Waals surface area contributed by atoms with Crippen LogP contribution in [0.5, 0.6) is 23.0 Å². The van der Waals surface area contributed by atoms with Crippen LogP contribution in [0.3, 0.4) is 0 Å². The van der Waals surface area contributed by atoms with E-state index in [0.29, 0.717) is 56.7 Å². The van der Waals surface area contributed by atoms with Crippen LogP contribution >= 0.6 is 0 Å². The molecule has 0 saturated heterocycles. The van der Waals surface area contributed by atoms with Crippen molar-refractivity contribution >= 4 is 41.3 Å². The molecular formula is C84H79N9O4Pt3. The molecule has 100 heavy (non-hydrogen) atoms. The fraction of sp³-hybridized carbons (Fsp3) is 0.167. The quantitative estimate of drug-likeness (QED) is 0.0718. The molecule has 7 aromatic heterocycles. The summed E-state index contributed by atoms with van der Waals surface area (Å²) in [5.74, 6) is 2.07. The first-order valence-electron chi connectivity index (χ1n) is 32.9. The first kappa shape index (κ1) is 76.1. The van der Waals surface area contributed by atoms with Crippen molar-refractivity contribution < 1.29 is 83.6 Å². The molecule has 0 bridgehead atoms. The summed E-state index contributed by atoms with van der Waals surface area (Å²) in [6.45, 7) is 19.4. The SMILES string of the molecule is CC(C)(c1cccc(-c2ccccc2O)n1)c1cccc(-c2ccccc2O)n1.CCc1c(C=C2N=C(C)C(C)=C2C)[n-]c(C=c2[n-]c(=Cc3ccccn3)c(CC)c2CC)c1CC.Oc1ccccc1-c1cccc(N(c2ccccc2)c2cccc(-c3ccccc3O)n2)n1.[Pt+2].[Pt].[Pt]. The van der Waals surface area contributed by atoms with Crippen LogP contribution in [0.25, 0.3) is 63.3 Å². The molecule has 0 radical (unpaired) electrons. The molecule has 13 rings (SSSR count). The van der Waals surface area contributed by atoms with Gasteiger partial charge in [-0.25, -0.2) is 9.97 Å². The Bertz CT molecular complexity index is 4850. The van der Waals surface area contributed by atoms with E-state index in [0.717, 1.165) is 81.9 Å². The molecule has 0 unspecified atom stereocenters. The van der Waals surface area contributed by atoms with E-state index in [1.807, 2.05) is 181 Å². The summed E-state index contributed by atoms with van der Waals surface area (Å²) in [4.78, 5) is 40.8. The van der Waals surface area contributed by atoms with Gasteiger partial charge in [-0.3, -0.25) is 24.8 Å². The zero-order valence-corrected chi connectivity index (χ0v) is 64.0. The number of phenolic OH excluding ortho intramolecular Hbond substituents is 4. The molecule has 13 nitrogen and oxygen atoms in total. The summed E-state index contributed by atoms with van der Waals surface area (Å²) >= 11 is 0. The van der Waals surface area contributed by atoms with Crippen LogP contribution in [0, 0.1) is 0 Å². The van der Waals surface area contributed by atoms with Crippen molar-refractivity contribution in [3.05, 3.63) is 303 Å². The molecular weight excluding hydrogens is 1780 g/mol. The van der Waals surface area contributed by atoms with E-state index in [1.165, 1.54) is 33.4 Å². The molecule has 4 N–H and O–H groups in total. The average Bonchev–Trinajstić information content (AvgIpc) is 1.74. The van der Waals surface area contributed by atoms with Gasteiger partial charge in [-0.15, -0.1) is 22.1 Å². The molecule has 8 heterocycles. The second kappa shape index (κ2) is 34.9. The Morgan fingerprint density at radius 3 is 1.19 bits per heavy atom. The van der Waals surface area contributed by atoms with E-state index in [1.54, 1.807) is 48.5 Å². The average molecular weight is 1860 g/mol. The van der Waals surface area contributed by atoms with Gasteiger partial charge in [0.05, 0.1) is 45.6 Å². The van der Waals surface area contributed by atoms with Crippen molar-refractivity contribution in [1.82, 2.24) is 34.9 Å². The van der Waals surface area contributed by atoms with E-state index in [4.69, 9.17) is 34.9 Å². The summed E-state index contributed by atoms with van der Waals surface area (Å²) in [7, 11) is 0. The normalized spacial score (nSPS) is 12.5. The number of anilines is 3. The first-order chi connectivity index (χ1) is 47.1. The van der Waals surface area contributed by atoms with Crippen molar-refractivity contribution in [1.29, 1.82) is 0 Å². The molecule has 0 amide bonds. The summed E-state index contributed by atoms with van der Waals surface area (Å²) < 4.78 is 0. The number of allylic oxidation sites excluding steroid dienone is 2. The molecule has 0 atom stereocenters. The fourth-order valence-corrected chi connectivity index (χ4v) is 12.1. The largest absolute Gasteiger partial charge is 2.00 e. The Balaban J connectivity index is 0.000000189. The van der Waals surface area contributed by atoms with Crippen molar-refractivity contribution in [3.63, 3.8) is 0 Å².